The quantitative estimate of drug-likeness (QED) is 0.433. The molecule has 6 heteroatoms. The van der Waals surface area contributed by atoms with Crippen LogP contribution < -0.4 is 5.73 Å². The van der Waals surface area contributed by atoms with E-state index in [4.69, 9.17) is 17.3 Å². The molecule has 2 N–H and O–H groups in total. The number of hydrogen-bond acceptors (Lipinski definition) is 1. The first-order valence-corrected chi connectivity index (χ1v) is 9.08. The van der Waals surface area contributed by atoms with E-state index in [-0.39, 0.29) is 16.3 Å². The van der Waals surface area contributed by atoms with Gasteiger partial charge in [0.25, 0.3) is 0 Å². The summed E-state index contributed by atoms with van der Waals surface area (Å²) in [5, 5.41) is -0.121. The first kappa shape index (κ1) is 14.9. The number of halogens is 4. The number of nitrogen functional groups attached to an aromatic ring is 1. The molecule has 0 aromatic heterocycles. The number of anilines is 1. The molecule has 98 valence electrons. The Morgan fingerprint density at radius 1 is 1.22 bits per heavy atom. The molecular weight excluding hydrogens is 279 g/mol. The van der Waals surface area contributed by atoms with Gasteiger partial charge in [-0.25, -0.2) is 0 Å². The predicted molar refractivity (Wildman–Crippen MR) is 71.1 cm³/mol. The minimum Gasteiger partial charge on any atom is -0.397 e. The van der Waals surface area contributed by atoms with Crippen molar-refractivity contribution in [3.8, 4) is 11.5 Å². The highest BCUT2D eigenvalue weighted by atomic mass is 35.5. The summed E-state index contributed by atoms with van der Waals surface area (Å²) in [6.45, 7) is 5.97. The van der Waals surface area contributed by atoms with E-state index < -0.39 is 19.8 Å². The molecule has 0 aliphatic heterocycles. The largest absolute Gasteiger partial charge is 0.416 e. The smallest absolute Gasteiger partial charge is 0.397 e. The zero-order valence-electron chi connectivity index (χ0n) is 10.2. The van der Waals surface area contributed by atoms with Crippen LogP contribution in [0.3, 0.4) is 0 Å². The van der Waals surface area contributed by atoms with Crippen LogP contribution in [0.1, 0.15) is 11.1 Å². The predicted octanol–water partition coefficient (Wildman–Crippen LogP) is 4.17. The molecule has 1 aromatic rings. The normalized spacial score (nSPS) is 11.9. The van der Waals surface area contributed by atoms with E-state index in [0.717, 1.165) is 12.1 Å². The highest BCUT2D eigenvalue weighted by molar-refractivity contribution is 6.83. The number of benzene rings is 1. The lowest BCUT2D eigenvalue weighted by molar-refractivity contribution is -0.137. The maximum absolute atomic E-state index is 12.6. The second-order valence-corrected chi connectivity index (χ2v) is 10.1. The lowest BCUT2D eigenvalue weighted by Crippen LogP contribution is -2.16. The van der Waals surface area contributed by atoms with Crippen LogP contribution in [0.15, 0.2) is 12.1 Å². The average Bonchev–Trinajstić information content (AvgIpc) is 2.17. The van der Waals surface area contributed by atoms with Crippen LogP contribution in [-0.4, -0.2) is 8.07 Å². The SMILES string of the molecule is C[Si](C)(C)C#Cc1cc(C(F)(F)F)cc(Cl)c1N. The topological polar surface area (TPSA) is 26.0 Å². The summed E-state index contributed by atoms with van der Waals surface area (Å²) in [4.78, 5) is 0. The third-order valence-electron chi connectivity index (χ3n) is 2.03. The Hall–Kier alpha value is -1.12. The van der Waals surface area contributed by atoms with Gasteiger partial charge in [-0.05, 0) is 12.1 Å². The summed E-state index contributed by atoms with van der Waals surface area (Å²) >= 11 is 5.69. The molecule has 0 unspecified atom stereocenters. The van der Waals surface area contributed by atoms with Gasteiger partial charge in [0, 0.05) is 5.56 Å². The van der Waals surface area contributed by atoms with Gasteiger partial charge < -0.3 is 5.73 Å². The van der Waals surface area contributed by atoms with Crippen molar-refractivity contribution in [3.05, 3.63) is 28.3 Å². The van der Waals surface area contributed by atoms with Gasteiger partial charge in [0.2, 0.25) is 0 Å². The van der Waals surface area contributed by atoms with Crippen molar-refractivity contribution < 1.29 is 13.2 Å². The van der Waals surface area contributed by atoms with E-state index in [0.29, 0.717) is 0 Å². The first-order valence-electron chi connectivity index (χ1n) is 5.20. The fourth-order valence-electron chi connectivity index (χ4n) is 1.14. The Bertz CT molecular complexity index is 521. The fourth-order valence-corrected chi connectivity index (χ4v) is 1.87. The molecule has 0 amide bonds. The zero-order chi connectivity index (χ0) is 14.1. The molecule has 0 saturated carbocycles. The molecule has 0 fully saturated rings. The van der Waals surface area contributed by atoms with E-state index in [1.807, 2.05) is 19.6 Å². The van der Waals surface area contributed by atoms with Gasteiger partial charge in [-0.3, -0.25) is 0 Å². The molecule has 1 nitrogen and oxygen atoms in total. The number of nitrogens with two attached hydrogens (primary N) is 1. The summed E-state index contributed by atoms with van der Waals surface area (Å²) in [5.41, 5.74) is 8.00. The summed E-state index contributed by atoms with van der Waals surface area (Å²) < 4.78 is 37.8. The molecule has 0 radical (unpaired) electrons. The van der Waals surface area contributed by atoms with E-state index in [1.165, 1.54) is 0 Å². The van der Waals surface area contributed by atoms with E-state index in [1.54, 1.807) is 0 Å². The molecule has 0 atom stereocenters. The minimum absolute atomic E-state index is 0.0930. The average molecular weight is 292 g/mol. The molecule has 0 heterocycles. The van der Waals surface area contributed by atoms with Crippen molar-refractivity contribution in [3.63, 3.8) is 0 Å². The summed E-state index contributed by atoms with van der Waals surface area (Å²) in [6, 6.07) is 1.75. The molecule has 0 bridgehead atoms. The van der Waals surface area contributed by atoms with Gasteiger partial charge in [0.1, 0.15) is 8.07 Å². The van der Waals surface area contributed by atoms with E-state index in [9.17, 15) is 13.2 Å². The van der Waals surface area contributed by atoms with Gasteiger partial charge in [-0.2, -0.15) is 13.2 Å². The van der Waals surface area contributed by atoms with Crippen LogP contribution in [0.5, 0.6) is 0 Å². The third kappa shape index (κ3) is 3.97. The molecule has 0 aliphatic carbocycles. The Kier molecular flexibility index (Phi) is 4.04. The second kappa shape index (κ2) is 4.86. The Balaban J connectivity index is 3.35. The number of rotatable bonds is 0. The van der Waals surface area contributed by atoms with Crippen LogP contribution >= 0.6 is 11.6 Å². The van der Waals surface area contributed by atoms with Crippen LogP contribution in [0.4, 0.5) is 18.9 Å². The van der Waals surface area contributed by atoms with Gasteiger partial charge in [-0.1, -0.05) is 37.2 Å². The molecule has 18 heavy (non-hydrogen) atoms. The maximum atomic E-state index is 12.6. The molecule has 1 rings (SSSR count). The Labute approximate surface area is 110 Å². The van der Waals surface area contributed by atoms with Crippen molar-refractivity contribution in [2.75, 3.05) is 5.73 Å². The van der Waals surface area contributed by atoms with Crippen LogP contribution in [0, 0.1) is 11.5 Å². The molecule has 0 saturated heterocycles. The molecule has 0 spiro atoms. The Morgan fingerprint density at radius 2 is 1.78 bits per heavy atom. The third-order valence-corrected chi connectivity index (χ3v) is 3.22. The van der Waals surface area contributed by atoms with Crippen molar-refractivity contribution in [1.29, 1.82) is 0 Å². The van der Waals surface area contributed by atoms with Crippen molar-refractivity contribution >= 4 is 25.4 Å². The number of hydrogen-bond donors (Lipinski definition) is 1. The minimum atomic E-state index is -4.45. The second-order valence-electron chi connectivity index (χ2n) is 4.92. The number of alkyl halides is 3. The van der Waals surface area contributed by atoms with Gasteiger partial charge in [0.05, 0.1) is 16.3 Å². The summed E-state index contributed by atoms with van der Waals surface area (Å²) in [5.74, 6) is 2.71. The lowest BCUT2D eigenvalue weighted by atomic mass is 10.1. The van der Waals surface area contributed by atoms with Crippen LogP contribution in [0.25, 0.3) is 0 Å². The monoisotopic (exact) mass is 291 g/mol. The van der Waals surface area contributed by atoms with Gasteiger partial charge in [0.15, 0.2) is 0 Å². The maximum Gasteiger partial charge on any atom is 0.416 e. The van der Waals surface area contributed by atoms with Crippen LogP contribution in [0.2, 0.25) is 24.7 Å². The zero-order valence-corrected chi connectivity index (χ0v) is 12.0. The first-order chi connectivity index (χ1) is 8.00. The van der Waals surface area contributed by atoms with E-state index in [2.05, 4.69) is 11.5 Å². The standard InChI is InChI=1S/C12H13ClF3NSi/c1-18(2,3)5-4-8-6-9(12(14,15)16)7-10(13)11(8)17/h6-7H,17H2,1-3H3. The summed E-state index contributed by atoms with van der Waals surface area (Å²) in [7, 11) is -1.68. The highest BCUT2D eigenvalue weighted by Crippen LogP contribution is 2.34. The van der Waals surface area contributed by atoms with Crippen molar-refractivity contribution in [2.45, 2.75) is 25.8 Å². The summed E-state index contributed by atoms with van der Waals surface area (Å²) in [6.07, 6.45) is -4.45. The lowest BCUT2D eigenvalue weighted by Gasteiger charge is -2.10. The van der Waals surface area contributed by atoms with Crippen molar-refractivity contribution in [1.82, 2.24) is 0 Å². The fraction of sp³-hybridized carbons (Fsp3) is 0.333. The van der Waals surface area contributed by atoms with Gasteiger partial charge >= 0.3 is 6.18 Å². The van der Waals surface area contributed by atoms with Gasteiger partial charge in [-0.15, -0.1) is 5.54 Å². The molecule has 1 aromatic carbocycles. The molecular formula is C12H13ClF3NSi. The van der Waals surface area contributed by atoms with E-state index >= 15 is 0 Å². The van der Waals surface area contributed by atoms with Crippen LogP contribution in [-0.2, 0) is 6.18 Å². The highest BCUT2D eigenvalue weighted by Gasteiger charge is 2.31. The molecule has 0 aliphatic rings. The Morgan fingerprint density at radius 3 is 2.22 bits per heavy atom. The van der Waals surface area contributed by atoms with Crippen molar-refractivity contribution in [2.24, 2.45) is 0 Å².